The number of para-hydroxylation sites is 2. The summed E-state index contributed by atoms with van der Waals surface area (Å²) in [5, 5.41) is 12.6. The van der Waals surface area contributed by atoms with Gasteiger partial charge in [-0.1, -0.05) is 24.3 Å². The number of carboxylic acids is 1. The number of hydrogen-bond acceptors (Lipinski definition) is 5. The molecule has 0 atom stereocenters. The van der Waals surface area contributed by atoms with Crippen LogP contribution in [-0.4, -0.2) is 34.9 Å². The number of oxazole rings is 1. The molecule has 0 radical (unpaired) electrons. The number of nitrogens with one attached hydrogen (secondary N) is 1. The van der Waals surface area contributed by atoms with Gasteiger partial charge in [0, 0.05) is 17.9 Å². The lowest BCUT2D eigenvalue weighted by Gasteiger charge is -2.06. The summed E-state index contributed by atoms with van der Waals surface area (Å²) in [4.78, 5) is 16.5. The Labute approximate surface area is 156 Å². The summed E-state index contributed by atoms with van der Waals surface area (Å²) in [5.74, 6) is 0.811. The topological polar surface area (TPSA) is 75.4 Å². The van der Waals surface area contributed by atoms with E-state index in [1.807, 2.05) is 36.4 Å². The number of aromatic carboxylic acids is 1. The summed E-state index contributed by atoms with van der Waals surface area (Å²) in [6.45, 7) is 1.77. The molecule has 136 valence electrons. The minimum absolute atomic E-state index is 0.383. The van der Waals surface area contributed by atoms with E-state index >= 15 is 0 Å². The Morgan fingerprint density at radius 3 is 2.73 bits per heavy atom. The number of thioether (sulfide) groups is 1. The smallest absolute Gasteiger partial charge is 0.336 e. The van der Waals surface area contributed by atoms with Crippen LogP contribution in [0.2, 0.25) is 0 Å². The molecule has 1 aromatic heterocycles. The van der Waals surface area contributed by atoms with E-state index in [2.05, 4.69) is 10.3 Å². The van der Waals surface area contributed by atoms with Crippen molar-refractivity contribution in [3.63, 3.8) is 0 Å². The van der Waals surface area contributed by atoms with Crippen molar-refractivity contribution < 1.29 is 14.3 Å². The number of benzene rings is 2. The Morgan fingerprint density at radius 1 is 1.08 bits per heavy atom. The highest BCUT2D eigenvalue weighted by molar-refractivity contribution is 7.99. The van der Waals surface area contributed by atoms with Crippen LogP contribution in [0.1, 0.15) is 29.1 Å². The van der Waals surface area contributed by atoms with Gasteiger partial charge in [-0.3, -0.25) is 0 Å². The number of rotatable bonds is 10. The van der Waals surface area contributed by atoms with E-state index in [0.29, 0.717) is 5.56 Å². The van der Waals surface area contributed by atoms with Gasteiger partial charge in [-0.2, -0.15) is 0 Å². The molecule has 0 amide bonds. The largest absolute Gasteiger partial charge is 0.478 e. The molecule has 2 N–H and O–H groups in total. The molecule has 0 fully saturated rings. The summed E-state index contributed by atoms with van der Waals surface area (Å²) in [6, 6.07) is 14.9. The molecular formula is C20H22N2O3S. The molecule has 0 unspecified atom stereocenters. The van der Waals surface area contributed by atoms with Crippen molar-refractivity contribution in [1.29, 1.82) is 0 Å². The molecule has 0 aliphatic heterocycles. The monoisotopic (exact) mass is 370 g/mol. The number of hydrogen-bond donors (Lipinski definition) is 2. The zero-order chi connectivity index (χ0) is 18.2. The number of nitrogens with zero attached hydrogens (tertiary/aromatic N) is 1. The predicted octanol–water partition coefficient (Wildman–Crippen LogP) is 4.23. The predicted molar refractivity (Wildman–Crippen MR) is 104 cm³/mol. The molecule has 0 saturated heterocycles. The van der Waals surface area contributed by atoms with Crippen LogP contribution in [0.5, 0.6) is 0 Å². The lowest BCUT2D eigenvalue weighted by Crippen LogP contribution is -2.18. The fourth-order valence-electron chi connectivity index (χ4n) is 2.65. The van der Waals surface area contributed by atoms with Gasteiger partial charge < -0.3 is 14.8 Å². The fourth-order valence-corrected chi connectivity index (χ4v) is 3.70. The van der Waals surface area contributed by atoms with Gasteiger partial charge in [-0.15, -0.1) is 11.8 Å². The zero-order valence-corrected chi connectivity index (χ0v) is 15.3. The first-order valence-electron chi connectivity index (χ1n) is 8.74. The van der Waals surface area contributed by atoms with Crippen LogP contribution in [0.4, 0.5) is 0 Å². The molecule has 26 heavy (non-hydrogen) atoms. The molecule has 0 aliphatic rings. The fraction of sp³-hybridized carbons (Fsp3) is 0.300. The third-order valence-electron chi connectivity index (χ3n) is 3.98. The average molecular weight is 370 g/mol. The second-order valence-corrected chi connectivity index (χ2v) is 7.07. The minimum atomic E-state index is -0.867. The second-order valence-electron chi connectivity index (χ2n) is 5.93. The van der Waals surface area contributed by atoms with E-state index in [1.165, 1.54) is 0 Å². The maximum atomic E-state index is 11.2. The van der Waals surface area contributed by atoms with Gasteiger partial charge in [0.2, 0.25) is 0 Å². The van der Waals surface area contributed by atoms with Gasteiger partial charge in [0.15, 0.2) is 11.5 Å². The Kier molecular flexibility index (Phi) is 6.68. The van der Waals surface area contributed by atoms with Crippen LogP contribution in [0.3, 0.4) is 0 Å². The highest BCUT2D eigenvalue weighted by Gasteiger charge is 2.08. The van der Waals surface area contributed by atoms with E-state index in [0.717, 1.165) is 60.0 Å². The van der Waals surface area contributed by atoms with E-state index < -0.39 is 5.97 Å². The molecule has 2 aromatic carbocycles. The quantitative estimate of drug-likeness (QED) is 0.411. The third kappa shape index (κ3) is 5.09. The molecule has 0 spiro atoms. The Balaban J connectivity index is 1.30. The van der Waals surface area contributed by atoms with Gasteiger partial charge in [0.05, 0.1) is 5.56 Å². The number of fused-ring (bicyclic) bond motifs is 1. The number of carboxylic acid groups (broad SMARTS) is 1. The Bertz CT molecular complexity index is 830. The van der Waals surface area contributed by atoms with Crippen LogP contribution in [-0.2, 0) is 6.42 Å². The first-order valence-corrected chi connectivity index (χ1v) is 9.73. The van der Waals surface area contributed by atoms with Crippen molar-refractivity contribution in [2.75, 3.05) is 18.8 Å². The van der Waals surface area contributed by atoms with Gasteiger partial charge >= 0.3 is 5.97 Å². The summed E-state index contributed by atoms with van der Waals surface area (Å²) in [7, 11) is 0. The van der Waals surface area contributed by atoms with Crippen molar-refractivity contribution >= 4 is 28.8 Å². The normalized spacial score (nSPS) is 11.1. The molecule has 0 aliphatic carbocycles. The SMILES string of the molecule is O=C(O)c1ccccc1SCCCCNCCc1nc2ccccc2o1. The molecule has 3 rings (SSSR count). The maximum Gasteiger partial charge on any atom is 0.336 e. The van der Waals surface area contributed by atoms with Crippen LogP contribution in [0.15, 0.2) is 57.8 Å². The summed E-state index contributed by atoms with van der Waals surface area (Å²) < 4.78 is 5.69. The highest BCUT2D eigenvalue weighted by atomic mass is 32.2. The van der Waals surface area contributed by atoms with Crippen molar-refractivity contribution in [2.45, 2.75) is 24.2 Å². The van der Waals surface area contributed by atoms with Crippen LogP contribution in [0, 0.1) is 0 Å². The molecule has 1 heterocycles. The van der Waals surface area contributed by atoms with Crippen molar-refractivity contribution in [3.05, 3.63) is 60.0 Å². The maximum absolute atomic E-state index is 11.2. The van der Waals surface area contributed by atoms with Crippen LogP contribution in [0.25, 0.3) is 11.1 Å². The van der Waals surface area contributed by atoms with Gasteiger partial charge in [0.25, 0.3) is 0 Å². The van der Waals surface area contributed by atoms with E-state index in [1.54, 1.807) is 23.9 Å². The number of unbranched alkanes of at least 4 members (excludes halogenated alkanes) is 1. The summed E-state index contributed by atoms with van der Waals surface area (Å²) >= 11 is 1.60. The third-order valence-corrected chi connectivity index (χ3v) is 5.14. The Morgan fingerprint density at radius 2 is 1.88 bits per heavy atom. The van der Waals surface area contributed by atoms with Crippen LogP contribution >= 0.6 is 11.8 Å². The lowest BCUT2D eigenvalue weighted by molar-refractivity contribution is 0.0693. The number of carbonyl (C=O) groups is 1. The van der Waals surface area contributed by atoms with Gasteiger partial charge in [0.1, 0.15) is 5.52 Å². The van der Waals surface area contributed by atoms with E-state index in [4.69, 9.17) is 9.52 Å². The molecule has 0 bridgehead atoms. The standard InChI is InChI=1S/C20H22N2O3S/c23-20(24)15-7-1-4-10-18(15)26-14-6-5-12-21-13-11-19-22-16-8-2-3-9-17(16)25-19/h1-4,7-10,21H,5-6,11-14H2,(H,23,24). The molecule has 3 aromatic rings. The molecular weight excluding hydrogens is 348 g/mol. The highest BCUT2D eigenvalue weighted by Crippen LogP contribution is 2.23. The van der Waals surface area contributed by atoms with E-state index in [9.17, 15) is 4.79 Å². The molecule has 6 heteroatoms. The van der Waals surface area contributed by atoms with E-state index in [-0.39, 0.29) is 0 Å². The van der Waals surface area contributed by atoms with Crippen molar-refractivity contribution in [1.82, 2.24) is 10.3 Å². The first-order chi connectivity index (χ1) is 12.7. The van der Waals surface area contributed by atoms with Gasteiger partial charge in [-0.25, -0.2) is 9.78 Å². The second kappa shape index (κ2) is 9.40. The number of aromatic nitrogens is 1. The average Bonchev–Trinajstić information content (AvgIpc) is 3.07. The minimum Gasteiger partial charge on any atom is -0.478 e. The summed E-state index contributed by atoms with van der Waals surface area (Å²) in [5.41, 5.74) is 2.12. The van der Waals surface area contributed by atoms with Crippen molar-refractivity contribution in [3.8, 4) is 0 Å². The van der Waals surface area contributed by atoms with Crippen molar-refractivity contribution in [2.24, 2.45) is 0 Å². The molecule has 0 saturated carbocycles. The zero-order valence-electron chi connectivity index (χ0n) is 14.5. The molecule has 5 nitrogen and oxygen atoms in total. The van der Waals surface area contributed by atoms with Gasteiger partial charge in [-0.05, 0) is 49.4 Å². The van der Waals surface area contributed by atoms with Crippen LogP contribution < -0.4 is 5.32 Å². The lowest BCUT2D eigenvalue weighted by atomic mass is 10.2. The summed E-state index contributed by atoms with van der Waals surface area (Å²) in [6.07, 6.45) is 2.86. The Hall–Kier alpha value is -2.31. The first kappa shape index (κ1) is 18.5.